The molecule has 2 aromatic carbocycles. The summed E-state index contributed by atoms with van der Waals surface area (Å²) in [6, 6.07) is 11.6. The van der Waals surface area contributed by atoms with Gasteiger partial charge in [0.05, 0.1) is 12.5 Å². The zero-order valence-electron chi connectivity index (χ0n) is 16.0. The van der Waals surface area contributed by atoms with Crippen molar-refractivity contribution in [2.75, 3.05) is 38.2 Å². The lowest BCUT2D eigenvalue weighted by Gasteiger charge is -2.29. The molecule has 0 aliphatic carbocycles. The highest BCUT2D eigenvalue weighted by molar-refractivity contribution is 5.99. The summed E-state index contributed by atoms with van der Waals surface area (Å²) < 4.78 is 21.1. The number of fused-ring (bicyclic) bond motifs is 2. The maximum absolute atomic E-state index is 15.6. The van der Waals surface area contributed by atoms with E-state index in [0.29, 0.717) is 16.7 Å². The Hall–Kier alpha value is -3.32. The summed E-state index contributed by atoms with van der Waals surface area (Å²) in [5.41, 5.74) is 1.23. The maximum Gasteiger partial charge on any atom is 0.175 e. The zero-order valence-corrected chi connectivity index (χ0v) is 16.0. The van der Waals surface area contributed by atoms with Gasteiger partial charge in [0.15, 0.2) is 5.82 Å². The Labute approximate surface area is 167 Å². The first-order valence-corrected chi connectivity index (χ1v) is 9.58. The fraction of sp³-hybridized carbons (Fsp3) is 0.227. The molecule has 4 aromatic rings. The number of halogens is 1. The van der Waals surface area contributed by atoms with Gasteiger partial charge >= 0.3 is 0 Å². The average Bonchev–Trinajstić information content (AvgIpc) is 2.79. The fourth-order valence-electron chi connectivity index (χ4n) is 3.89. The van der Waals surface area contributed by atoms with Crippen LogP contribution in [-0.2, 0) is 0 Å². The van der Waals surface area contributed by atoms with Gasteiger partial charge in [-0.2, -0.15) is 0 Å². The molecule has 146 valence electrons. The Kier molecular flexibility index (Phi) is 4.44. The van der Waals surface area contributed by atoms with Gasteiger partial charge in [-0.05, 0) is 22.9 Å². The van der Waals surface area contributed by atoms with Crippen molar-refractivity contribution in [1.82, 2.24) is 20.3 Å². The molecule has 0 spiro atoms. The maximum atomic E-state index is 15.6. The summed E-state index contributed by atoms with van der Waals surface area (Å²) in [5, 5.41) is 5.82. The van der Waals surface area contributed by atoms with Crippen LogP contribution in [0.3, 0.4) is 0 Å². The normalized spacial score (nSPS) is 14.5. The SMILES string of the molecule is COc1cc(-c2ncc3c(N4CCNCC4)ncnc3c2F)c2ccccc2c1. The van der Waals surface area contributed by atoms with Gasteiger partial charge in [-0.1, -0.05) is 24.3 Å². The molecule has 0 unspecified atom stereocenters. The van der Waals surface area contributed by atoms with E-state index in [2.05, 4.69) is 25.2 Å². The van der Waals surface area contributed by atoms with Crippen LogP contribution in [0, 0.1) is 5.82 Å². The number of benzene rings is 2. The molecular weight excluding hydrogens is 369 g/mol. The van der Waals surface area contributed by atoms with E-state index in [0.717, 1.165) is 42.8 Å². The first-order chi connectivity index (χ1) is 14.3. The molecule has 5 rings (SSSR count). The van der Waals surface area contributed by atoms with Crippen molar-refractivity contribution >= 4 is 27.5 Å². The van der Waals surface area contributed by atoms with E-state index in [4.69, 9.17) is 4.74 Å². The van der Waals surface area contributed by atoms with E-state index < -0.39 is 5.82 Å². The highest BCUT2D eigenvalue weighted by Gasteiger charge is 2.20. The number of nitrogens with one attached hydrogen (secondary N) is 1. The highest BCUT2D eigenvalue weighted by atomic mass is 19.1. The largest absolute Gasteiger partial charge is 0.497 e. The third-order valence-electron chi connectivity index (χ3n) is 5.34. The number of piperazine rings is 1. The van der Waals surface area contributed by atoms with Crippen LogP contribution in [0.2, 0.25) is 0 Å². The van der Waals surface area contributed by atoms with E-state index in [1.807, 2.05) is 36.4 Å². The number of aromatic nitrogens is 3. The van der Waals surface area contributed by atoms with Crippen LogP contribution in [0.1, 0.15) is 0 Å². The molecule has 0 bridgehead atoms. The van der Waals surface area contributed by atoms with Crippen LogP contribution < -0.4 is 15.0 Å². The minimum absolute atomic E-state index is 0.262. The monoisotopic (exact) mass is 389 g/mol. The molecule has 7 heteroatoms. The summed E-state index contributed by atoms with van der Waals surface area (Å²) in [7, 11) is 1.60. The van der Waals surface area contributed by atoms with Crippen molar-refractivity contribution in [3.8, 4) is 17.0 Å². The predicted octanol–water partition coefficient (Wildman–Crippen LogP) is 3.40. The van der Waals surface area contributed by atoms with Crippen LogP contribution in [-0.4, -0.2) is 48.2 Å². The van der Waals surface area contributed by atoms with Gasteiger partial charge in [-0.3, -0.25) is 4.98 Å². The van der Waals surface area contributed by atoms with Crippen molar-refractivity contribution in [2.24, 2.45) is 0 Å². The molecule has 1 aliphatic rings. The highest BCUT2D eigenvalue weighted by Crippen LogP contribution is 2.36. The van der Waals surface area contributed by atoms with Crippen LogP contribution >= 0.6 is 0 Å². The number of anilines is 1. The van der Waals surface area contributed by atoms with Crippen molar-refractivity contribution in [3.63, 3.8) is 0 Å². The number of pyridine rings is 1. The molecule has 29 heavy (non-hydrogen) atoms. The Balaban J connectivity index is 1.72. The molecule has 6 nitrogen and oxygen atoms in total. The minimum Gasteiger partial charge on any atom is -0.497 e. The third-order valence-corrected chi connectivity index (χ3v) is 5.34. The summed E-state index contributed by atoms with van der Waals surface area (Å²) >= 11 is 0. The molecule has 3 heterocycles. The first kappa shape index (κ1) is 17.8. The van der Waals surface area contributed by atoms with Gasteiger partial charge < -0.3 is 15.0 Å². The Bertz CT molecular complexity index is 1210. The minimum atomic E-state index is -0.445. The van der Waals surface area contributed by atoms with Gasteiger partial charge in [0.1, 0.15) is 29.1 Å². The van der Waals surface area contributed by atoms with E-state index in [1.54, 1.807) is 13.3 Å². The Morgan fingerprint density at radius 1 is 1.03 bits per heavy atom. The van der Waals surface area contributed by atoms with E-state index >= 15 is 4.39 Å². The van der Waals surface area contributed by atoms with Crippen LogP contribution in [0.5, 0.6) is 5.75 Å². The molecule has 0 atom stereocenters. The number of methoxy groups -OCH3 is 1. The summed E-state index contributed by atoms with van der Waals surface area (Å²) in [5.74, 6) is 0.939. The fourth-order valence-corrected chi connectivity index (χ4v) is 3.89. The number of nitrogens with zero attached hydrogens (tertiary/aromatic N) is 4. The molecule has 1 N–H and O–H groups in total. The van der Waals surface area contributed by atoms with Crippen LogP contribution in [0.25, 0.3) is 32.9 Å². The van der Waals surface area contributed by atoms with Crippen molar-refractivity contribution in [2.45, 2.75) is 0 Å². The van der Waals surface area contributed by atoms with Crippen molar-refractivity contribution < 1.29 is 9.13 Å². The Morgan fingerprint density at radius 2 is 1.86 bits per heavy atom. The second kappa shape index (κ2) is 7.25. The lowest BCUT2D eigenvalue weighted by Crippen LogP contribution is -2.44. The molecular formula is C22H20FN5O. The quantitative estimate of drug-likeness (QED) is 0.579. The van der Waals surface area contributed by atoms with Crippen LogP contribution in [0.15, 0.2) is 48.9 Å². The second-order valence-electron chi connectivity index (χ2n) is 7.01. The number of hydrogen-bond donors (Lipinski definition) is 1. The first-order valence-electron chi connectivity index (χ1n) is 9.58. The smallest absolute Gasteiger partial charge is 0.175 e. The molecule has 0 saturated carbocycles. The van der Waals surface area contributed by atoms with Gasteiger partial charge in [0.2, 0.25) is 0 Å². The lowest BCUT2D eigenvalue weighted by molar-refractivity contribution is 0.415. The van der Waals surface area contributed by atoms with Gasteiger partial charge in [-0.25, -0.2) is 14.4 Å². The van der Waals surface area contributed by atoms with Gasteiger partial charge in [-0.15, -0.1) is 0 Å². The second-order valence-corrected chi connectivity index (χ2v) is 7.01. The third kappa shape index (κ3) is 3.03. The predicted molar refractivity (Wildman–Crippen MR) is 112 cm³/mol. The van der Waals surface area contributed by atoms with Crippen molar-refractivity contribution in [1.29, 1.82) is 0 Å². The van der Waals surface area contributed by atoms with E-state index in [9.17, 15) is 0 Å². The van der Waals surface area contributed by atoms with Crippen LogP contribution in [0.4, 0.5) is 10.2 Å². The number of hydrogen-bond acceptors (Lipinski definition) is 6. The summed E-state index contributed by atoms with van der Waals surface area (Å²) in [6.07, 6.45) is 3.11. The Morgan fingerprint density at radius 3 is 2.69 bits per heavy atom. The van der Waals surface area contributed by atoms with Gasteiger partial charge in [0, 0.05) is 37.9 Å². The summed E-state index contributed by atoms with van der Waals surface area (Å²) in [6.45, 7) is 3.37. The lowest BCUT2D eigenvalue weighted by atomic mass is 10.00. The topological polar surface area (TPSA) is 63.2 Å². The standard InChI is InChI=1S/C22H20FN5O/c1-29-15-10-14-4-2-3-5-16(14)17(11-15)20-19(23)21-18(12-25-20)22(27-13-26-21)28-8-6-24-7-9-28/h2-5,10-13,24H,6-9H2,1H3. The zero-order chi connectivity index (χ0) is 19.8. The molecule has 1 saturated heterocycles. The average molecular weight is 389 g/mol. The molecule has 1 aliphatic heterocycles. The summed E-state index contributed by atoms with van der Waals surface area (Å²) in [4.78, 5) is 15.3. The molecule has 2 aromatic heterocycles. The van der Waals surface area contributed by atoms with Gasteiger partial charge in [0.25, 0.3) is 0 Å². The number of rotatable bonds is 3. The molecule has 0 amide bonds. The van der Waals surface area contributed by atoms with E-state index in [-0.39, 0.29) is 11.2 Å². The van der Waals surface area contributed by atoms with Crippen molar-refractivity contribution in [3.05, 3.63) is 54.7 Å². The number of ether oxygens (including phenoxy) is 1. The molecule has 1 fully saturated rings. The van der Waals surface area contributed by atoms with E-state index in [1.165, 1.54) is 6.33 Å². The molecule has 0 radical (unpaired) electrons.